The molecular formula is C22H21N3O4S. The van der Waals surface area contributed by atoms with Crippen molar-refractivity contribution in [1.82, 2.24) is 4.98 Å². The predicted octanol–water partition coefficient (Wildman–Crippen LogP) is 4.82. The minimum absolute atomic E-state index is 0.407. The van der Waals surface area contributed by atoms with Crippen molar-refractivity contribution in [2.45, 2.75) is 0 Å². The number of thiazole rings is 1. The van der Waals surface area contributed by atoms with Crippen LogP contribution in [0.4, 0.5) is 5.69 Å². The van der Waals surface area contributed by atoms with Crippen molar-refractivity contribution in [2.75, 3.05) is 33.8 Å². The van der Waals surface area contributed by atoms with Gasteiger partial charge in [0.15, 0.2) is 11.5 Å². The van der Waals surface area contributed by atoms with Gasteiger partial charge in [-0.3, -0.25) is 0 Å². The zero-order valence-corrected chi connectivity index (χ0v) is 17.9. The van der Waals surface area contributed by atoms with E-state index in [4.69, 9.17) is 18.9 Å². The maximum atomic E-state index is 9.62. The summed E-state index contributed by atoms with van der Waals surface area (Å²) in [7, 11) is 6.34. The average molecular weight is 423 g/mol. The molecule has 8 heteroatoms. The molecule has 0 unspecified atom stereocenters. The van der Waals surface area contributed by atoms with E-state index in [-0.39, 0.29) is 0 Å². The minimum atomic E-state index is 0.407. The smallest absolute Gasteiger partial charge is 0.161 e. The number of hydrogen-bond donors (Lipinski definition) is 1. The molecule has 0 aliphatic carbocycles. The van der Waals surface area contributed by atoms with E-state index in [9.17, 15) is 5.26 Å². The molecule has 0 saturated heterocycles. The van der Waals surface area contributed by atoms with Crippen LogP contribution in [0, 0.1) is 11.3 Å². The molecule has 0 aliphatic heterocycles. The highest BCUT2D eigenvalue weighted by Crippen LogP contribution is 2.34. The first-order valence-electron chi connectivity index (χ1n) is 8.90. The van der Waals surface area contributed by atoms with Gasteiger partial charge in [-0.1, -0.05) is 0 Å². The first-order chi connectivity index (χ1) is 14.6. The molecular weight excluding hydrogens is 402 g/mol. The van der Waals surface area contributed by atoms with Crippen molar-refractivity contribution in [2.24, 2.45) is 0 Å². The topological polar surface area (TPSA) is 85.6 Å². The number of hydrogen-bond acceptors (Lipinski definition) is 8. The van der Waals surface area contributed by atoms with Gasteiger partial charge in [-0.2, -0.15) is 5.26 Å². The summed E-state index contributed by atoms with van der Waals surface area (Å²) in [6, 6.07) is 13.2. The molecule has 0 atom stereocenters. The van der Waals surface area contributed by atoms with Gasteiger partial charge in [0.25, 0.3) is 0 Å². The molecule has 0 bridgehead atoms. The van der Waals surface area contributed by atoms with Crippen LogP contribution in [-0.2, 0) is 0 Å². The Hall–Kier alpha value is -3.70. The number of nitriles is 1. The van der Waals surface area contributed by atoms with Crippen LogP contribution < -0.4 is 24.3 Å². The summed E-state index contributed by atoms with van der Waals surface area (Å²) < 4.78 is 21.2. The lowest BCUT2D eigenvalue weighted by atomic mass is 10.1. The molecule has 0 amide bonds. The Balaban J connectivity index is 1.85. The van der Waals surface area contributed by atoms with Gasteiger partial charge in [0.2, 0.25) is 0 Å². The highest BCUT2D eigenvalue weighted by Gasteiger charge is 2.12. The Morgan fingerprint density at radius 3 is 2.40 bits per heavy atom. The van der Waals surface area contributed by atoms with Crippen LogP contribution in [0.5, 0.6) is 23.0 Å². The van der Waals surface area contributed by atoms with Gasteiger partial charge in [-0.25, -0.2) is 4.98 Å². The molecule has 0 spiro atoms. The van der Waals surface area contributed by atoms with Crippen LogP contribution >= 0.6 is 11.3 Å². The van der Waals surface area contributed by atoms with Gasteiger partial charge < -0.3 is 24.3 Å². The van der Waals surface area contributed by atoms with E-state index in [1.54, 1.807) is 40.7 Å². The van der Waals surface area contributed by atoms with Gasteiger partial charge >= 0.3 is 0 Å². The summed E-state index contributed by atoms with van der Waals surface area (Å²) in [6.45, 7) is 0. The first kappa shape index (κ1) is 21.0. The van der Waals surface area contributed by atoms with Gasteiger partial charge in [-0.15, -0.1) is 11.3 Å². The van der Waals surface area contributed by atoms with Gasteiger partial charge in [0.05, 0.1) is 39.8 Å². The molecule has 2 aromatic carbocycles. The van der Waals surface area contributed by atoms with Gasteiger partial charge in [-0.05, 0) is 30.3 Å². The Morgan fingerprint density at radius 1 is 0.967 bits per heavy atom. The van der Waals surface area contributed by atoms with E-state index in [1.807, 2.05) is 35.7 Å². The number of nitrogens with one attached hydrogen (secondary N) is 1. The van der Waals surface area contributed by atoms with E-state index < -0.39 is 0 Å². The molecule has 0 radical (unpaired) electrons. The Kier molecular flexibility index (Phi) is 6.78. The zero-order chi connectivity index (χ0) is 21.5. The normalized spacial score (nSPS) is 10.8. The summed E-state index contributed by atoms with van der Waals surface area (Å²) in [5.74, 6) is 2.55. The van der Waals surface area contributed by atoms with Crippen LogP contribution in [0.25, 0.3) is 16.8 Å². The molecule has 30 heavy (non-hydrogen) atoms. The number of benzene rings is 2. The van der Waals surface area contributed by atoms with Crippen molar-refractivity contribution in [1.29, 1.82) is 5.26 Å². The SMILES string of the molecule is COc1ccc(N/C=C(/C#N)c2nc(-c3ccc(OC)c(OC)c3)cs2)c(OC)c1. The maximum absolute atomic E-state index is 9.62. The van der Waals surface area contributed by atoms with Gasteiger partial charge in [0.1, 0.15) is 28.1 Å². The Labute approximate surface area is 179 Å². The van der Waals surface area contributed by atoms with Crippen molar-refractivity contribution in [3.8, 4) is 40.3 Å². The third-order valence-electron chi connectivity index (χ3n) is 4.32. The van der Waals surface area contributed by atoms with E-state index in [0.29, 0.717) is 39.3 Å². The molecule has 1 N–H and O–H groups in total. The largest absolute Gasteiger partial charge is 0.497 e. The van der Waals surface area contributed by atoms with Crippen LogP contribution in [0.1, 0.15) is 5.01 Å². The first-order valence-corrected chi connectivity index (χ1v) is 9.78. The summed E-state index contributed by atoms with van der Waals surface area (Å²) in [5, 5.41) is 15.2. The van der Waals surface area contributed by atoms with Crippen LogP contribution in [0.3, 0.4) is 0 Å². The molecule has 1 aromatic heterocycles. The van der Waals surface area contributed by atoms with E-state index in [1.165, 1.54) is 11.3 Å². The van der Waals surface area contributed by atoms with Crippen molar-refractivity contribution in [3.63, 3.8) is 0 Å². The van der Waals surface area contributed by atoms with E-state index in [2.05, 4.69) is 16.4 Å². The third-order valence-corrected chi connectivity index (χ3v) is 5.19. The maximum Gasteiger partial charge on any atom is 0.161 e. The summed E-state index contributed by atoms with van der Waals surface area (Å²) >= 11 is 1.39. The molecule has 7 nitrogen and oxygen atoms in total. The third kappa shape index (κ3) is 4.47. The average Bonchev–Trinajstić information content (AvgIpc) is 3.29. The number of anilines is 1. The fraction of sp³-hybridized carbons (Fsp3) is 0.182. The number of rotatable bonds is 8. The summed E-state index contributed by atoms with van der Waals surface area (Å²) in [6.07, 6.45) is 1.61. The van der Waals surface area contributed by atoms with Crippen LogP contribution in [0.2, 0.25) is 0 Å². The molecule has 154 valence electrons. The molecule has 0 saturated carbocycles. The van der Waals surface area contributed by atoms with Crippen molar-refractivity contribution < 1.29 is 18.9 Å². The van der Waals surface area contributed by atoms with E-state index in [0.717, 1.165) is 11.3 Å². The van der Waals surface area contributed by atoms with Crippen LogP contribution in [0.15, 0.2) is 48.0 Å². The second kappa shape index (κ2) is 9.67. The highest BCUT2D eigenvalue weighted by molar-refractivity contribution is 7.11. The highest BCUT2D eigenvalue weighted by atomic mass is 32.1. The van der Waals surface area contributed by atoms with Crippen molar-refractivity contribution in [3.05, 3.63) is 53.0 Å². The van der Waals surface area contributed by atoms with Crippen LogP contribution in [-0.4, -0.2) is 33.4 Å². The predicted molar refractivity (Wildman–Crippen MR) is 117 cm³/mol. The lowest BCUT2D eigenvalue weighted by Gasteiger charge is -2.10. The number of methoxy groups -OCH3 is 4. The monoisotopic (exact) mass is 423 g/mol. The number of ether oxygens (including phenoxy) is 4. The number of nitrogens with zero attached hydrogens (tertiary/aromatic N) is 2. The molecule has 1 heterocycles. The second-order valence-corrected chi connectivity index (χ2v) is 6.85. The van der Waals surface area contributed by atoms with Crippen molar-refractivity contribution >= 4 is 22.6 Å². The fourth-order valence-electron chi connectivity index (χ4n) is 2.74. The van der Waals surface area contributed by atoms with E-state index >= 15 is 0 Å². The fourth-order valence-corrected chi connectivity index (χ4v) is 3.53. The molecule has 0 fully saturated rings. The molecule has 0 aliphatic rings. The second-order valence-electron chi connectivity index (χ2n) is 5.99. The summed E-state index contributed by atoms with van der Waals surface area (Å²) in [4.78, 5) is 4.60. The lowest BCUT2D eigenvalue weighted by Crippen LogP contribution is -1.96. The molecule has 3 aromatic rings. The standard InChI is InChI=1S/C22H21N3O4S/c1-26-16-6-7-17(20(10-16)28-3)24-12-15(11-23)22-25-18(13-30-22)14-5-8-19(27-2)21(9-14)29-4/h5-10,12-13,24H,1-4H3/b15-12-. The Morgan fingerprint density at radius 2 is 1.73 bits per heavy atom. The zero-order valence-electron chi connectivity index (χ0n) is 17.1. The lowest BCUT2D eigenvalue weighted by molar-refractivity contribution is 0.355. The Bertz CT molecular complexity index is 1100. The minimum Gasteiger partial charge on any atom is -0.497 e. The number of allylic oxidation sites excluding steroid dienone is 1. The number of aromatic nitrogens is 1. The quantitative estimate of drug-likeness (QED) is 0.520. The summed E-state index contributed by atoms with van der Waals surface area (Å²) in [5.41, 5.74) is 2.74. The molecule has 3 rings (SSSR count). The van der Waals surface area contributed by atoms with Gasteiger partial charge in [0, 0.05) is 23.2 Å².